The normalized spacial score (nSPS) is 26.8. The molecule has 1 aliphatic carbocycles. The molecule has 0 heterocycles. The molecule has 0 aromatic heterocycles. The molecule has 3 heteroatoms. The predicted molar refractivity (Wildman–Crippen MR) is 62.7 cm³/mol. The molecule has 2 unspecified atom stereocenters. The molecule has 2 rings (SSSR count). The van der Waals surface area contributed by atoms with Gasteiger partial charge in [-0.25, -0.2) is 0 Å². The Kier molecular flexibility index (Phi) is 3.13. The van der Waals surface area contributed by atoms with Crippen LogP contribution in [0.4, 0.5) is 0 Å². The van der Waals surface area contributed by atoms with E-state index in [1.807, 2.05) is 30.3 Å². The van der Waals surface area contributed by atoms with Gasteiger partial charge in [0.25, 0.3) is 0 Å². The Hall–Kier alpha value is -1.84. The first-order valence-electron chi connectivity index (χ1n) is 5.80. The first-order chi connectivity index (χ1) is 8.24. The lowest BCUT2D eigenvalue weighted by molar-refractivity contribution is 0.0442. The van der Waals surface area contributed by atoms with Crippen molar-refractivity contribution in [2.75, 3.05) is 0 Å². The van der Waals surface area contributed by atoms with E-state index in [-0.39, 0.29) is 5.92 Å². The third-order valence-electron chi connectivity index (χ3n) is 3.62. The summed E-state index contributed by atoms with van der Waals surface area (Å²) in [4.78, 5) is 0. The van der Waals surface area contributed by atoms with Gasteiger partial charge in [-0.3, -0.25) is 0 Å². The van der Waals surface area contributed by atoms with Crippen molar-refractivity contribution < 1.29 is 5.11 Å². The molecule has 17 heavy (non-hydrogen) atoms. The van der Waals surface area contributed by atoms with Gasteiger partial charge in [-0.15, -0.1) is 0 Å². The van der Waals surface area contributed by atoms with Crippen LogP contribution in [-0.2, 0) is 0 Å². The second-order valence-corrected chi connectivity index (χ2v) is 4.50. The van der Waals surface area contributed by atoms with Crippen LogP contribution in [0, 0.1) is 28.1 Å². The number of benzene rings is 1. The van der Waals surface area contributed by atoms with E-state index in [0.717, 1.165) is 18.4 Å². The van der Waals surface area contributed by atoms with Gasteiger partial charge in [-0.2, -0.15) is 10.5 Å². The predicted octanol–water partition coefficient (Wildman–Crippen LogP) is 2.35. The Balaban J connectivity index is 2.45. The van der Waals surface area contributed by atoms with E-state index in [1.165, 1.54) is 0 Å². The second kappa shape index (κ2) is 4.57. The van der Waals surface area contributed by atoms with Crippen LogP contribution in [0.2, 0.25) is 0 Å². The lowest BCUT2D eigenvalue weighted by Gasteiger charge is -2.37. The Morgan fingerprint density at radius 2 is 1.76 bits per heavy atom. The lowest BCUT2D eigenvalue weighted by Crippen LogP contribution is -2.41. The van der Waals surface area contributed by atoms with Crippen LogP contribution in [0.3, 0.4) is 0 Å². The lowest BCUT2D eigenvalue weighted by atomic mass is 9.64. The van der Waals surface area contributed by atoms with Crippen molar-refractivity contribution in [1.29, 1.82) is 10.5 Å². The van der Waals surface area contributed by atoms with Gasteiger partial charge in [0.1, 0.15) is 0 Å². The van der Waals surface area contributed by atoms with Gasteiger partial charge >= 0.3 is 0 Å². The summed E-state index contributed by atoms with van der Waals surface area (Å²) < 4.78 is 0. The van der Waals surface area contributed by atoms with E-state index in [2.05, 4.69) is 12.1 Å². The smallest absolute Gasteiger partial charge is 0.176 e. The number of hydrogen-bond acceptors (Lipinski definition) is 3. The highest BCUT2D eigenvalue weighted by Crippen LogP contribution is 2.46. The molecule has 0 saturated heterocycles. The Morgan fingerprint density at radius 1 is 1.12 bits per heavy atom. The van der Waals surface area contributed by atoms with Gasteiger partial charge in [0, 0.05) is 5.92 Å². The summed E-state index contributed by atoms with van der Waals surface area (Å²) in [6.45, 7) is 0. The molecule has 0 aliphatic heterocycles. The van der Waals surface area contributed by atoms with Crippen molar-refractivity contribution in [1.82, 2.24) is 0 Å². The standard InChI is InChI=1S/C14H14N2O/c15-9-14(10-16)12(7-4-8-13(14)17)11-5-2-1-3-6-11/h1-3,5-6,12-13,17H,4,7-8H2. The average Bonchev–Trinajstić information content (AvgIpc) is 2.40. The van der Waals surface area contributed by atoms with E-state index >= 15 is 0 Å². The maximum absolute atomic E-state index is 10.0. The number of hydrogen-bond donors (Lipinski definition) is 1. The highest BCUT2D eigenvalue weighted by molar-refractivity contribution is 5.33. The minimum absolute atomic E-state index is 0.192. The summed E-state index contributed by atoms with van der Waals surface area (Å²) in [6.07, 6.45) is 1.31. The fourth-order valence-corrected chi connectivity index (χ4v) is 2.65. The van der Waals surface area contributed by atoms with Gasteiger partial charge in [0.2, 0.25) is 0 Å². The van der Waals surface area contributed by atoms with Crippen LogP contribution < -0.4 is 0 Å². The molecule has 86 valence electrons. The van der Waals surface area contributed by atoms with Gasteiger partial charge in [0.15, 0.2) is 5.41 Å². The zero-order chi connectivity index (χ0) is 12.3. The number of aliphatic hydroxyl groups excluding tert-OH is 1. The number of rotatable bonds is 1. The molecule has 0 spiro atoms. The van der Waals surface area contributed by atoms with Crippen LogP contribution in [0.5, 0.6) is 0 Å². The van der Waals surface area contributed by atoms with Crippen molar-refractivity contribution in [3.05, 3.63) is 35.9 Å². The largest absolute Gasteiger partial charge is 0.390 e. The summed E-state index contributed by atoms with van der Waals surface area (Å²) in [5.41, 5.74) is -0.325. The van der Waals surface area contributed by atoms with Crippen molar-refractivity contribution in [3.63, 3.8) is 0 Å². The fraction of sp³-hybridized carbons (Fsp3) is 0.429. The summed E-state index contributed by atoms with van der Waals surface area (Å²) in [5, 5.41) is 28.6. The van der Waals surface area contributed by atoms with E-state index in [9.17, 15) is 15.6 Å². The number of nitriles is 2. The Morgan fingerprint density at radius 3 is 2.35 bits per heavy atom. The molecule has 1 saturated carbocycles. The first-order valence-corrected chi connectivity index (χ1v) is 5.80. The summed E-state index contributed by atoms with van der Waals surface area (Å²) in [7, 11) is 0. The van der Waals surface area contributed by atoms with Gasteiger partial charge in [-0.1, -0.05) is 36.8 Å². The maximum atomic E-state index is 10.0. The van der Waals surface area contributed by atoms with Crippen LogP contribution in [0.15, 0.2) is 30.3 Å². The van der Waals surface area contributed by atoms with Crippen molar-refractivity contribution in [2.24, 2.45) is 5.41 Å². The Bertz CT molecular complexity index is 455. The zero-order valence-electron chi connectivity index (χ0n) is 9.50. The quantitative estimate of drug-likeness (QED) is 0.799. The summed E-state index contributed by atoms with van der Waals surface area (Å²) in [5.74, 6) is -0.192. The summed E-state index contributed by atoms with van der Waals surface area (Å²) in [6, 6.07) is 13.7. The van der Waals surface area contributed by atoms with Gasteiger partial charge in [0.05, 0.1) is 18.2 Å². The molecular weight excluding hydrogens is 212 g/mol. The summed E-state index contributed by atoms with van der Waals surface area (Å²) >= 11 is 0. The monoisotopic (exact) mass is 226 g/mol. The van der Waals surface area contributed by atoms with E-state index in [4.69, 9.17) is 0 Å². The average molecular weight is 226 g/mol. The highest BCUT2D eigenvalue weighted by Gasteiger charge is 2.49. The fourth-order valence-electron chi connectivity index (χ4n) is 2.65. The molecule has 0 bridgehead atoms. The van der Waals surface area contributed by atoms with Crippen LogP contribution in [0.25, 0.3) is 0 Å². The Labute approximate surface area is 101 Å². The SMILES string of the molecule is N#CC1(C#N)C(O)CCCC1c1ccccc1. The van der Waals surface area contributed by atoms with E-state index in [1.54, 1.807) is 0 Å². The minimum Gasteiger partial charge on any atom is -0.390 e. The van der Waals surface area contributed by atoms with Crippen molar-refractivity contribution in [3.8, 4) is 12.1 Å². The molecule has 1 fully saturated rings. The topological polar surface area (TPSA) is 67.8 Å². The molecular formula is C14H14N2O. The zero-order valence-corrected chi connectivity index (χ0v) is 9.50. The van der Waals surface area contributed by atoms with Crippen LogP contribution in [-0.4, -0.2) is 11.2 Å². The molecule has 1 aromatic carbocycles. The maximum Gasteiger partial charge on any atom is 0.176 e. The third kappa shape index (κ3) is 1.79. The number of aliphatic hydroxyl groups is 1. The van der Waals surface area contributed by atoms with Crippen molar-refractivity contribution >= 4 is 0 Å². The molecule has 0 radical (unpaired) electrons. The second-order valence-electron chi connectivity index (χ2n) is 4.50. The molecule has 0 amide bonds. The van der Waals surface area contributed by atoms with E-state index < -0.39 is 11.5 Å². The minimum atomic E-state index is -1.29. The third-order valence-corrected chi connectivity index (χ3v) is 3.62. The van der Waals surface area contributed by atoms with E-state index in [0.29, 0.717) is 6.42 Å². The van der Waals surface area contributed by atoms with Gasteiger partial charge in [-0.05, 0) is 18.4 Å². The molecule has 1 aliphatic rings. The van der Waals surface area contributed by atoms with Crippen LogP contribution >= 0.6 is 0 Å². The molecule has 3 nitrogen and oxygen atoms in total. The van der Waals surface area contributed by atoms with Gasteiger partial charge < -0.3 is 5.11 Å². The van der Waals surface area contributed by atoms with Crippen LogP contribution in [0.1, 0.15) is 30.7 Å². The van der Waals surface area contributed by atoms with Crippen molar-refractivity contribution in [2.45, 2.75) is 31.3 Å². The number of nitrogens with zero attached hydrogens (tertiary/aromatic N) is 2. The molecule has 2 atom stereocenters. The molecule has 1 aromatic rings. The molecule has 1 N–H and O–H groups in total. The highest BCUT2D eigenvalue weighted by atomic mass is 16.3. The first kappa shape index (κ1) is 11.6.